The van der Waals surface area contributed by atoms with Crippen LogP contribution in [0.1, 0.15) is 18.5 Å². The molecule has 0 aliphatic carbocycles. The number of rotatable bonds is 3. The third-order valence-electron chi connectivity index (χ3n) is 2.59. The van der Waals surface area contributed by atoms with Crippen molar-refractivity contribution in [2.75, 3.05) is 0 Å². The highest BCUT2D eigenvalue weighted by atomic mass is 35.5. The Balaban J connectivity index is 2.24. The van der Waals surface area contributed by atoms with E-state index in [-0.39, 0.29) is 6.04 Å². The van der Waals surface area contributed by atoms with Crippen molar-refractivity contribution in [2.24, 2.45) is 5.73 Å². The molecule has 19 heavy (non-hydrogen) atoms. The lowest BCUT2D eigenvalue weighted by molar-refractivity contribution is 0.817. The predicted molar refractivity (Wildman–Crippen MR) is 84.6 cm³/mol. The van der Waals surface area contributed by atoms with Crippen molar-refractivity contribution in [3.05, 3.63) is 57.0 Å². The van der Waals surface area contributed by atoms with Crippen molar-refractivity contribution in [3.63, 3.8) is 0 Å². The van der Waals surface area contributed by atoms with E-state index in [9.17, 15) is 0 Å². The summed E-state index contributed by atoms with van der Waals surface area (Å²) in [5.41, 5.74) is 6.77. The third-order valence-corrected chi connectivity index (χ3v) is 4.63. The topological polar surface area (TPSA) is 26.0 Å². The summed E-state index contributed by atoms with van der Waals surface area (Å²) in [6.07, 6.45) is 0. The van der Waals surface area contributed by atoms with Gasteiger partial charge in [0, 0.05) is 20.9 Å². The number of nitrogens with two attached hydrogens (primary N) is 1. The molecule has 0 bridgehead atoms. The maximum atomic E-state index is 6.21. The molecule has 1 atom stereocenters. The van der Waals surface area contributed by atoms with Crippen LogP contribution in [0.15, 0.2) is 46.2 Å². The molecule has 100 valence electrons. The molecule has 0 radical (unpaired) electrons. The molecule has 1 unspecified atom stereocenters. The molecule has 0 saturated carbocycles. The molecule has 1 nitrogen and oxygen atoms in total. The van der Waals surface area contributed by atoms with E-state index in [4.69, 9.17) is 40.5 Å². The molecule has 0 aliphatic heterocycles. The van der Waals surface area contributed by atoms with E-state index in [1.165, 1.54) is 0 Å². The van der Waals surface area contributed by atoms with Crippen molar-refractivity contribution in [2.45, 2.75) is 22.8 Å². The Hall–Kier alpha value is -0.380. The van der Waals surface area contributed by atoms with Gasteiger partial charge in [-0.3, -0.25) is 0 Å². The van der Waals surface area contributed by atoms with Crippen LogP contribution in [0.5, 0.6) is 0 Å². The smallest absolute Gasteiger partial charge is 0.0603 e. The maximum Gasteiger partial charge on any atom is 0.0603 e. The zero-order chi connectivity index (χ0) is 14.0. The highest BCUT2D eigenvalue weighted by Crippen LogP contribution is 2.35. The van der Waals surface area contributed by atoms with Gasteiger partial charge >= 0.3 is 0 Å². The minimum atomic E-state index is -0.0727. The quantitative estimate of drug-likeness (QED) is 0.766. The molecule has 0 fully saturated rings. The second kappa shape index (κ2) is 6.38. The summed E-state index contributed by atoms with van der Waals surface area (Å²) in [6, 6.07) is 11.3. The first-order chi connectivity index (χ1) is 8.97. The summed E-state index contributed by atoms with van der Waals surface area (Å²) in [5, 5.41) is 1.78. The highest BCUT2D eigenvalue weighted by molar-refractivity contribution is 7.99. The molecule has 0 spiro atoms. The van der Waals surface area contributed by atoms with Crippen LogP contribution >= 0.6 is 46.6 Å². The van der Waals surface area contributed by atoms with E-state index in [0.717, 1.165) is 15.4 Å². The number of benzene rings is 2. The fourth-order valence-electron chi connectivity index (χ4n) is 1.62. The van der Waals surface area contributed by atoms with Crippen LogP contribution in [-0.4, -0.2) is 0 Å². The van der Waals surface area contributed by atoms with Crippen LogP contribution in [0, 0.1) is 0 Å². The van der Waals surface area contributed by atoms with Gasteiger partial charge in [-0.1, -0.05) is 52.6 Å². The summed E-state index contributed by atoms with van der Waals surface area (Å²) < 4.78 is 0. The van der Waals surface area contributed by atoms with Gasteiger partial charge in [-0.05, 0) is 42.8 Å². The van der Waals surface area contributed by atoms with E-state index in [1.54, 1.807) is 17.8 Å². The normalized spacial score (nSPS) is 12.5. The highest BCUT2D eigenvalue weighted by Gasteiger charge is 2.07. The van der Waals surface area contributed by atoms with Gasteiger partial charge in [-0.2, -0.15) is 0 Å². The molecule has 2 aromatic carbocycles. The Labute approximate surface area is 132 Å². The van der Waals surface area contributed by atoms with Crippen molar-refractivity contribution < 1.29 is 0 Å². The van der Waals surface area contributed by atoms with E-state index < -0.39 is 0 Å². The predicted octanol–water partition coefficient (Wildman–Crippen LogP) is 5.82. The lowest BCUT2D eigenvalue weighted by Gasteiger charge is -2.10. The number of halogens is 3. The Morgan fingerprint density at radius 3 is 2.00 bits per heavy atom. The summed E-state index contributed by atoms with van der Waals surface area (Å²) in [4.78, 5) is 2.05. The third kappa shape index (κ3) is 3.80. The van der Waals surface area contributed by atoms with Crippen molar-refractivity contribution in [1.29, 1.82) is 0 Å². The first-order valence-corrected chi connectivity index (χ1v) is 7.60. The van der Waals surface area contributed by atoms with Crippen LogP contribution in [0.3, 0.4) is 0 Å². The minimum absolute atomic E-state index is 0.0727. The van der Waals surface area contributed by atoms with Gasteiger partial charge in [0.05, 0.1) is 10.0 Å². The summed E-state index contributed by atoms with van der Waals surface area (Å²) in [5.74, 6) is 0. The van der Waals surface area contributed by atoms with Crippen LogP contribution in [0.25, 0.3) is 0 Å². The number of hydrogen-bond acceptors (Lipinski definition) is 2. The Morgan fingerprint density at radius 1 is 0.895 bits per heavy atom. The summed E-state index contributed by atoms with van der Waals surface area (Å²) in [7, 11) is 0. The van der Waals surface area contributed by atoms with Gasteiger partial charge in [-0.25, -0.2) is 0 Å². The maximum absolute atomic E-state index is 6.21. The second-order valence-corrected chi connectivity index (χ2v) is 6.52. The van der Waals surface area contributed by atoms with E-state index in [2.05, 4.69) is 0 Å². The zero-order valence-corrected chi connectivity index (χ0v) is 13.2. The lowest BCUT2D eigenvalue weighted by Crippen LogP contribution is -2.05. The molecule has 0 heterocycles. The van der Waals surface area contributed by atoms with Gasteiger partial charge in [0.1, 0.15) is 0 Å². The SMILES string of the molecule is CC(N)c1ccc(Sc2ccc(Cl)c(Cl)c2)cc1Cl. The van der Waals surface area contributed by atoms with Crippen LogP contribution in [0.2, 0.25) is 15.1 Å². The standard InChI is InChI=1S/C14H12Cl3NS/c1-8(18)11-4-2-9(6-13(11)16)19-10-3-5-12(15)14(17)7-10/h2-8H,18H2,1H3. The molecule has 0 amide bonds. The Kier molecular flexibility index (Phi) is 5.04. The summed E-state index contributed by atoms with van der Waals surface area (Å²) in [6.45, 7) is 1.91. The first-order valence-electron chi connectivity index (χ1n) is 5.65. The summed E-state index contributed by atoms with van der Waals surface area (Å²) >= 11 is 19.7. The van der Waals surface area contributed by atoms with Crippen LogP contribution in [0.4, 0.5) is 0 Å². The Morgan fingerprint density at radius 2 is 1.47 bits per heavy atom. The fraction of sp³-hybridized carbons (Fsp3) is 0.143. The minimum Gasteiger partial charge on any atom is -0.324 e. The lowest BCUT2D eigenvalue weighted by atomic mass is 10.1. The molecule has 0 aliphatic rings. The average molecular weight is 333 g/mol. The molecule has 0 aromatic heterocycles. The average Bonchev–Trinajstić information content (AvgIpc) is 2.33. The van der Waals surface area contributed by atoms with Crippen molar-refractivity contribution in [1.82, 2.24) is 0 Å². The molecule has 2 aromatic rings. The molecule has 5 heteroatoms. The fourth-order valence-corrected chi connectivity index (χ4v) is 3.30. The van der Waals surface area contributed by atoms with Gasteiger partial charge in [-0.15, -0.1) is 0 Å². The first kappa shape index (κ1) is 15.0. The second-order valence-electron chi connectivity index (χ2n) is 4.15. The van der Waals surface area contributed by atoms with Crippen LogP contribution < -0.4 is 5.73 Å². The van der Waals surface area contributed by atoms with Gasteiger partial charge < -0.3 is 5.73 Å². The molecule has 2 rings (SSSR count). The largest absolute Gasteiger partial charge is 0.324 e. The molecule has 0 saturated heterocycles. The number of hydrogen-bond donors (Lipinski definition) is 1. The van der Waals surface area contributed by atoms with Gasteiger partial charge in [0.2, 0.25) is 0 Å². The molecular weight excluding hydrogens is 321 g/mol. The van der Waals surface area contributed by atoms with Crippen LogP contribution in [-0.2, 0) is 0 Å². The zero-order valence-electron chi connectivity index (χ0n) is 10.2. The van der Waals surface area contributed by atoms with Gasteiger partial charge in [0.25, 0.3) is 0 Å². The molecular formula is C14H12Cl3NS. The monoisotopic (exact) mass is 331 g/mol. The van der Waals surface area contributed by atoms with E-state index in [0.29, 0.717) is 15.1 Å². The Bertz CT molecular complexity index is 599. The van der Waals surface area contributed by atoms with Gasteiger partial charge in [0.15, 0.2) is 0 Å². The molecule has 2 N–H and O–H groups in total. The van der Waals surface area contributed by atoms with E-state index in [1.807, 2.05) is 37.3 Å². The van der Waals surface area contributed by atoms with Crippen molar-refractivity contribution >= 4 is 46.6 Å². The van der Waals surface area contributed by atoms with Crippen molar-refractivity contribution in [3.8, 4) is 0 Å². The van der Waals surface area contributed by atoms with E-state index >= 15 is 0 Å².